The molecule has 0 atom stereocenters. The van der Waals surface area contributed by atoms with E-state index in [4.69, 9.17) is 5.73 Å². The topological polar surface area (TPSA) is 72.2 Å². The van der Waals surface area contributed by atoms with Gasteiger partial charge in [-0.2, -0.15) is 0 Å². The van der Waals surface area contributed by atoms with Crippen LogP contribution < -0.4 is 10.5 Å². The van der Waals surface area contributed by atoms with Gasteiger partial charge in [-0.1, -0.05) is 31.2 Å². The number of hydrogen-bond acceptors (Lipinski definition) is 3. The van der Waals surface area contributed by atoms with Crippen LogP contribution in [0.25, 0.3) is 0 Å². The molecule has 0 aliphatic heterocycles. The van der Waals surface area contributed by atoms with Crippen LogP contribution in [0.15, 0.2) is 51.8 Å². The molecule has 0 aliphatic rings. The minimum atomic E-state index is -3.57. The SMILES string of the molecule is CCc1ccccc1CNS(=O)(=O)c1ccc(Br)c(N)c1. The minimum Gasteiger partial charge on any atom is -0.398 e. The van der Waals surface area contributed by atoms with Gasteiger partial charge in [0.2, 0.25) is 10.0 Å². The second kappa shape index (κ2) is 6.60. The molecule has 0 unspecified atom stereocenters. The Labute approximate surface area is 133 Å². The van der Waals surface area contributed by atoms with Gasteiger partial charge in [0.25, 0.3) is 0 Å². The smallest absolute Gasteiger partial charge is 0.240 e. The Morgan fingerprint density at radius 1 is 1.14 bits per heavy atom. The Morgan fingerprint density at radius 2 is 1.81 bits per heavy atom. The van der Waals surface area contributed by atoms with Gasteiger partial charge < -0.3 is 5.73 Å². The Kier molecular flexibility index (Phi) is 5.03. The van der Waals surface area contributed by atoms with Crippen molar-refractivity contribution >= 4 is 31.6 Å². The Bertz CT molecular complexity index is 745. The molecule has 112 valence electrons. The highest BCUT2D eigenvalue weighted by molar-refractivity contribution is 9.10. The normalized spacial score (nSPS) is 11.5. The lowest BCUT2D eigenvalue weighted by atomic mass is 10.1. The summed E-state index contributed by atoms with van der Waals surface area (Å²) in [6.45, 7) is 2.31. The largest absolute Gasteiger partial charge is 0.398 e. The van der Waals surface area contributed by atoms with E-state index in [-0.39, 0.29) is 11.4 Å². The molecule has 0 aromatic heterocycles. The lowest BCUT2D eigenvalue weighted by Gasteiger charge is -2.10. The number of anilines is 1. The second-order valence-corrected chi connectivity index (χ2v) is 7.25. The van der Waals surface area contributed by atoms with Crippen molar-refractivity contribution in [3.63, 3.8) is 0 Å². The fraction of sp³-hybridized carbons (Fsp3) is 0.200. The maximum absolute atomic E-state index is 12.3. The quantitative estimate of drug-likeness (QED) is 0.796. The molecule has 21 heavy (non-hydrogen) atoms. The van der Waals surface area contributed by atoms with Crippen LogP contribution in [0.5, 0.6) is 0 Å². The van der Waals surface area contributed by atoms with Crippen LogP contribution in [0, 0.1) is 0 Å². The van der Waals surface area contributed by atoms with E-state index >= 15 is 0 Å². The van der Waals surface area contributed by atoms with Crippen LogP contribution >= 0.6 is 15.9 Å². The van der Waals surface area contributed by atoms with E-state index in [1.54, 1.807) is 6.07 Å². The fourth-order valence-electron chi connectivity index (χ4n) is 2.02. The van der Waals surface area contributed by atoms with Crippen molar-refractivity contribution in [2.45, 2.75) is 24.8 Å². The maximum Gasteiger partial charge on any atom is 0.240 e. The van der Waals surface area contributed by atoms with Crippen molar-refractivity contribution in [2.75, 3.05) is 5.73 Å². The third-order valence-corrected chi connectivity index (χ3v) is 5.35. The standard InChI is InChI=1S/C15H17BrN2O2S/c1-2-11-5-3-4-6-12(11)10-18-21(19,20)13-7-8-14(16)15(17)9-13/h3-9,18H,2,10,17H2,1H3. The molecule has 4 nitrogen and oxygen atoms in total. The number of sulfonamides is 1. The van der Waals surface area contributed by atoms with Crippen molar-refractivity contribution in [3.8, 4) is 0 Å². The lowest BCUT2D eigenvalue weighted by Crippen LogP contribution is -2.24. The van der Waals surface area contributed by atoms with E-state index in [1.165, 1.54) is 12.1 Å². The molecule has 0 spiro atoms. The zero-order valence-electron chi connectivity index (χ0n) is 11.6. The molecular formula is C15H17BrN2O2S. The third kappa shape index (κ3) is 3.84. The van der Waals surface area contributed by atoms with Crippen molar-refractivity contribution < 1.29 is 8.42 Å². The summed E-state index contributed by atoms with van der Waals surface area (Å²) in [5.41, 5.74) is 8.24. The lowest BCUT2D eigenvalue weighted by molar-refractivity contribution is 0.581. The molecule has 2 aromatic carbocycles. The Hall–Kier alpha value is -1.37. The molecular weight excluding hydrogens is 352 g/mol. The van der Waals surface area contributed by atoms with E-state index in [9.17, 15) is 8.42 Å². The molecule has 0 bridgehead atoms. The van der Waals surface area contributed by atoms with Gasteiger partial charge in [0.15, 0.2) is 0 Å². The summed E-state index contributed by atoms with van der Waals surface area (Å²) in [4.78, 5) is 0.164. The predicted molar refractivity (Wildman–Crippen MR) is 88.4 cm³/mol. The number of nitrogens with one attached hydrogen (secondary N) is 1. The number of halogens is 1. The zero-order valence-corrected chi connectivity index (χ0v) is 14.0. The number of nitrogen functional groups attached to an aromatic ring is 1. The predicted octanol–water partition coefficient (Wildman–Crippen LogP) is 3.07. The third-order valence-electron chi connectivity index (χ3n) is 3.23. The van der Waals surface area contributed by atoms with Crippen LogP contribution in [0.2, 0.25) is 0 Å². The number of hydrogen-bond donors (Lipinski definition) is 2. The van der Waals surface area contributed by atoms with Gasteiger partial charge in [-0.3, -0.25) is 0 Å². The minimum absolute atomic E-state index is 0.164. The highest BCUT2D eigenvalue weighted by Crippen LogP contribution is 2.23. The highest BCUT2D eigenvalue weighted by atomic mass is 79.9. The van der Waals surface area contributed by atoms with Gasteiger partial charge in [0.05, 0.1) is 4.90 Å². The molecule has 0 saturated heterocycles. The summed E-state index contributed by atoms with van der Waals surface area (Å²) in [5.74, 6) is 0. The van der Waals surface area contributed by atoms with Crippen molar-refractivity contribution in [1.29, 1.82) is 0 Å². The van der Waals surface area contributed by atoms with Crippen LogP contribution in [0.3, 0.4) is 0 Å². The molecule has 0 aliphatic carbocycles. The molecule has 0 amide bonds. The highest BCUT2D eigenvalue weighted by Gasteiger charge is 2.15. The van der Waals surface area contributed by atoms with Gasteiger partial charge in [-0.05, 0) is 51.7 Å². The first-order valence-corrected chi connectivity index (χ1v) is 8.83. The summed E-state index contributed by atoms with van der Waals surface area (Å²) < 4.78 is 27.9. The van der Waals surface area contributed by atoms with Gasteiger partial charge in [0.1, 0.15) is 0 Å². The van der Waals surface area contributed by atoms with E-state index < -0.39 is 10.0 Å². The number of nitrogens with two attached hydrogens (primary N) is 1. The first-order chi connectivity index (χ1) is 9.94. The molecule has 6 heteroatoms. The van der Waals surface area contributed by atoms with Crippen LogP contribution in [-0.2, 0) is 23.0 Å². The first-order valence-electron chi connectivity index (χ1n) is 6.55. The number of benzene rings is 2. The molecule has 0 radical (unpaired) electrons. The number of rotatable bonds is 5. The molecule has 2 aromatic rings. The average molecular weight is 369 g/mol. The van der Waals surface area contributed by atoms with E-state index in [0.717, 1.165) is 17.5 Å². The summed E-state index contributed by atoms with van der Waals surface area (Å²) in [7, 11) is -3.57. The summed E-state index contributed by atoms with van der Waals surface area (Å²) in [6, 6.07) is 12.4. The van der Waals surface area contributed by atoms with E-state index in [0.29, 0.717) is 10.2 Å². The maximum atomic E-state index is 12.3. The molecule has 3 N–H and O–H groups in total. The van der Waals surface area contributed by atoms with E-state index in [2.05, 4.69) is 20.7 Å². The van der Waals surface area contributed by atoms with E-state index in [1.807, 2.05) is 31.2 Å². The van der Waals surface area contributed by atoms with Gasteiger partial charge in [-0.25, -0.2) is 13.1 Å². The molecule has 2 rings (SSSR count). The molecule has 0 fully saturated rings. The fourth-order valence-corrected chi connectivity index (χ4v) is 3.31. The van der Waals surface area contributed by atoms with Crippen molar-refractivity contribution in [2.24, 2.45) is 0 Å². The van der Waals surface area contributed by atoms with Crippen LogP contribution in [-0.4, -0.2) is 8.42 Å². The van der Waals surface area contributed by atoms with Crippen molar-refractivity contribution in [3.05, 3.63) is 58.1 Å². The first kappa shape index (κ1) is 16.0. The van der Waals surface area contributed by atoms with Crippen LogP contribution in [0.1, 0.15) is 18.1 Å². The summed E-state index contributed by atoms with van der Waals surface area (Å²) in [6.07, 6.45) is 0.864. The summed E-state index contributed by atoms with van der Waals surface area (Å²) in [5, 5.41) is 0. The second-order valence-electron chi connectivity index (χ2n) is 4.63. The average Bonchev–Trinajstić information content (AvgIpc) is 2.48. The summed E-state index contributed by atoms with van der Waals surface area (Å²) >= 11 is 3.25. The van der Waals surface area contributed by atoms with Crippen LogP contribution in [0.4, 0.5) is 5.69 Å². The Balaban J connectivity index is 2.20. The Morgan fingerprint density at radius 3 is 2.43 bits per heavy atom. The van der Waals surface area contributed by atoms with Crippen molar-refractivity contribution in [1.82, 2.24) is 4.72 Å². The molecule has 0 saturated carbocycles. The van der Waals surface area contributed by atoms with Gasteiger partial charge in [-0.15, -0.1) is 0 Å². The van der Waals surface area contributed by atoms with Gasteiger partial charge >= 0.3 is 0 Å². The monoisotopic (exact) mass is 368 g/mol. The van der Waals surface area contributed by atoms with Gasteiger partial charge in [0, 0.05) is 16.7 Å². The molecule has 0 heterocycles. The number of aryl methyl sites for hydroxylation is 1. The zero-order chi connectivity index (χ0) is 15.5.